The fourth-order valence-corrected chi connectivity index (χ4v) is 16.7. The molecule has 0 saturated carbocycles. The molecular formula is C12H30O3Si3. The van der Waals surface area contributed by atoms with Gasteiger partial charge in [0.05, 0.1) is 0 Å². The topological polar surface area (TPSA) is 27.7 Å². The molecule has 1 heterocycles. The van der Waals surface area contributed by atoms with Crippen molar-refractivity contribution in [2.45, 2.75) is 77.4 Å². The van der Waals surface area contributed by atoms with E-state index in [1.807, 2.05) is 0 Å². The van der Waals surface area contributed by atoms with Crippen molar-refractivity contribution in [3.8, 4) is 0 Å². The summed E-state index contributed by atoms with van der Waals surface area (Å²) in [6.45, 7) is 20.1. The van der Waals surface area contributed by atoms with E-state index < -0.39 is 27.9 Å². The molecular weight excluding hydrogens is 276 g/mol. The third kappa shape index (κ3) is 4.28. The first-order valence-electron chi connectivity index (χ1n) is 6.78. The van der Waals surface area contributed by atoms with Gasteiger partial charge in [-0.05, 0) is 0 Å². The first kappa shape index (κ1) is 16.6. The van der Waals surface area contributed by atoms with Crippen LogP contribution in [0.15, 0.2) is 0 Å². The lowest BCUT2D eigenvalue weighted by molar-refractivity contribution is 0.227. The molecule has 0 unspecified atom stereocenters. The fourth-order valence-electron chi connectivity index (χ4n) is 1.66. The van der Waals surface area contributed by atoms with E-state index in [1.54, 1.807) is 0 Å². The average molecular weight is 307 g/mol. The molecule has 0 spiro atoms. The minimum Gasteiger partial charge on any atom is -0.419 e. The highest BCUT2D eigenvalue weighted by Crippen LogP contribution is 2.42. The zero-order valence-corrected chi connectivity index (χ0v) is 16.9. The van der Waals surface area contributed by atoms with Crippen molar-refractivity contribution < 1.29 is 12.3 Å². The SMILES string of the molecule is CC(C)(C)[SiH]1O[SiH](C(C)(C)C)O[SiH](C(C)(C)C)O1. The van der Waals surface area contributed by atoms with Crippen LogP contribution >= 0.6 is 0 Å². The van der Waals surface area contributed by atoms with Gasteiger partial charge in [0.15, 0.2) is 0 Å². The molecule has 18 heavy (non-hydrogen) atoms. The molecule has 0 N–H and O–H groups in total. The Bertz CT molecular complexity index is 235. The van der Waals surface area contributed by atoms with E-state index in [9.17, 15) is 0 Å². The molecule has 0 amide bonds. The molecule has 0 atom stereocenters. The second kappa shape index (κ2) is 5.14. The van der Waals surface area contributed by atoms with Crippen LogP contribution in [0.1, 0.15) is 62.3 Å². The van der Waals surface area contributed by atoms with Crippen molar-refractivity contribution in [1.82, 2.24) is 0 Å². The van der Waals surface area contributed by atoms with Crippen LogP contribution in [0.2, 0.25) is 15.1 Å². The van der Waals surface area contributed by atoms with Gasteiger partial charge >= 0.3 is 27.9 Å². The standard InChI is InChI=1S/C12H30O3Si3/c1-10(2,3)16-13-17(11(4,5)6)15-18(14-16)12(7,8)9/h16-18H,1-9H3. The van der Waals surface area contributed by atoms with Gasteiger partial charge in [-0.3, -0.25) is 0 Å². The molecule has 1 rings (SSSR count). The predicted molar refractivity (Wildman–Crippen MR) is 83.8 cm³/mol. The van der Waals surface area contributed by atoms with Gasteiger partial charge in [-0.1, -0.05) is 62.3 Å². The molecule has 1 aliphatic rings. The predicted octanol–water partition coefficient (Wildman–Crippen LogP) is 3.11. The molecule has 0 radical (unpaired) electrons. The molecule has 108 valence electrons. The molecule has 0 aromatic heterocycles. The molecule has 3 nitrogen and oxygen atoms in total. The molecule has 1 fully saturated rings. The van der Waals surface area contributed by atoms with Gasteiger partial charge in [0.25, 0.3) is 0 Å². The highest BCUT2D eigenvalue weighted by molar-refractivity contribution is 6.76. The minimum atomic E-state index is -1.63. The van der Waals surface area contributed by atoms with E-state index in [1.165, 1.54) is 0 Å². The van der Waals surface area contributed by atoms with E-state index in [2.05, 4.69) is 62.3 Å². The fraction of sp³-hybridized carbons (Fsp3) is 1.00. The molecule has 0 aromatic rings. The van der Waals surface area contributed by atoms with Gasteiger partial charge in [-0.15, -0.1) is 0 Å². The molecule has 0 aliphatic carbocycles. The van der Waals surface area contributed by atoms with Crippen LogP contribution in [0, 0.1) is 0 Å². The molecule has 0 aromatic carbocycles. The Hall–Kier alpha value is 0.531. The summed E-state index contributed by atoms with van der Waals surface area (Å²) in [7, 11) is -4.89. The van der Waals surface area contributed by atoms with Crippen molar-refractivity contribution in [2.75, 3.05) is 0 Å². The van der Waals surface area contributed by atoms with Crippen molar-refractivity contribution in [3.63, 3.8) is 0 Å². The van der Waals surface area contributed by atoms with Gasteiger partial charge in [0.2, 0.25) is 0 Å². The molecule has 1 saturated heterocycles. The molecule has 0 bridgehead atoms. The van der Waals surface area contributed by atoms with Crippen LogP contribution in [0.25, 0.3) is 0 Å². The van der Waals surface area contributed by atoms with Crippen molar-refractivity contribution in [1.29, 1.82) is 0 Å². The Morgan fingerprint density at radius 3 is 0.722 bits per heavy atom. The second-order valence-corrected chi connectivity index (χ2v) is 19.0. The summed E-state index contributed by atoms with van der Waals surface area (Å²) in [5, 5.41) is 0.449. The van der Waals surface area contributed by atoms with Crippen LogP contribution < -0.4 is 0 Å². The van der Waals surface area contributed by atoms with Crippen molar-refractivity contribution >= 4 is 27.9 Å². The van der Waals surface area contributed by atoms with Gasteiger partial charge in [0, 0.05) is 15.1 Å². The van der Waals surface area contributed by atoms with E-state index in [4.69, 9.17) is 12.3 Å². The number of rotatable bonds is 0. The zero-order chi connectivity index (χ0) is 14.4. The van der Waals surface area contributed by atoms with Gasteiger partial charge in [-0.2, -0.15) is 0 Å². The lowest BCUT2D eigenvalue weighted by atomic mass is 10.3. The van der Waals surface area contributed by atoms with Crippen LogP contribution in [0.3, 0.4) is 0 Å². The largest absolute Gasteiger partial charge is 0.419 e. The summed E-state index contributed by atoms with van der Waals surface area (Å²) >= 11 is 0. The maximum Gasteiger partial charge on any atom is 0.309 e. The van der Waals surface area contributed by atoms with Crippen LogP contribution in [0.5, 0.6) is 0 Å². The number of hydrogen-bond acceptors (Lipinski definition) is 3. The Morgan fingerprint density at radius 2 is 0.611 bits per heavy atom. The normalized spacial score (nSPS) is 31.5. The smallest absolute Gasteiger partial charge is 0.309 e. The number of hydrogen-bond donors (Lipinski definition) is 0. The van der Waals surface area contributed by atoms with E-state index in [0.29, 0.717) is 0 Å². The average Bonchev–Trinajstić information content (AvgIpc) is 2.13. The monoisotopic (exact) mass is 306 g/mol. The van der Waals surface area contributed by atoms with Crippen LogP contribution in [-0.4, -0.2) is 27.9 Å². The van der Waals surface area contributed by atoms with E-state index in [0.717, 1.165) is 0 Å². The summed E-state index contributed by atoms with van der Waals surface area (Å²) in [4.78, 5) is 0. The Balaban J connectivity index is 2.93. The molecule has 1 aliphatic heterocycles. The third-order valence-corrected chi connectivity index (χ3v) is 13.0. The van der Waals surface area contributed by atoms with Gasteiger partial charge < -0.3 is 12.3 Å². The highest BCUT2D eigenvalue weighted by atomic mass is 28.5. The molecule has 6 heteroatoms. The first-order valence-corrected chi connectivity index (χ1v) is 11.3. The minimum absolute atomic E-state index is 0.150. The summed E-state index contributed by atoms with van der Waals surface area (Å²) in [6.07, 6.45) is 0. The lowest BCUT2D eigenvalue weighted by Gasteiger charge is -2.46. The third-order valence-electron chi connectivity index (χ3n) is 2.86. The van der Waals surface area contributed by atoms with Crippen LogP contribution in [0.4, 0.5) is 0 Å². The lowest BCUT2D eigenvalue weighted by Crippen LogP contribution is -2.57. The second-order valence-electron chi connectivity index (χ2n) is 8.50. The highest BCUT2D eigenvalue weighted by Gasteiger charge is 2.48. The van der Waals surface area contributed by atoms with Crippen molar-refractivity contribution in [3.05, 3.63) is 0 Å². The van der Waals surface area contributed by atoms with E-state index in [-0.39, 0.29) is 15.1 Å². The maximum absolute atomic E-state index is 6.31. The summed E-state index contributed by atoms with van der Waals surface area (Å²) in [5.41, 5.74) is 0. The zero-order valence-electron chi connectivity index (χ0n) is 13.5. The van der Waals surface area contributed by atoms with Crippen molar-refractivity contribution in [2.24, 2.45) is 0 Å². The van der Waals surface area contributed by atoms with Gasteiger partial charge in [0.1, 0.15) is 0 Å². The first-order chi connectivity index (χ1) is 7.82. The van der Waals surface area contributed by atoms with Gasteiger partial charge in [-0.25, -0.2) is 0 Å². The maximum atomic E-state index is 6.31. The summed E-state index contributed by atoms with van der Waals surface area (Å²) in [5.74, 6) is 0. The quantitative estimate of drug-likeness (QED) is 0.644. The summed E-state index contributed by atoms with van der Waals surface area (Å²) < 4.78 is 18.9. The Labute approximate surface area is 118 Å². The Kier molecular flexibility index (Phi) is 4.74. The van der Waals surface area contributed by atoms with Crippen LogP contribution in [-0.2, 0) is 12.3 Å². The Morgan fingerprint density at radius 1 is 0.444 bits per heavy atom. The summed E-state index contributed by atoms with van der Waals surface area (Å²) in [6, 6.07) is 0. The van der Waals surface area contributed by atoms with E-state index >= 15 is 0 Å².